The Labute approximate surface area is 336 Å². The van der Waals surface area contributed by atoms with Gasteiger partial charge >= 0.3 is 0 Å². The summed E-state index contributed by atoms with van der Waals surface area (Å²) in [5, 5.41) is 12.7. The van der Waals surface area contributed by atoms with Gasteiger partial charge in [0.1, 0.15) is 29.7 Å². The van der Waals surface area contributed by atoms with Crippen LogP contribution in [0.5, 0.6) is 5.88 Å². The van der Waals surface area contributed by atoms with E-state index in [1.165, 1.54) is 11.1 Å². The first kappa shape index (κ1) is 41.2. The second-order valence-electron chi connectivity index (χ2n) is 16.2. The smallest absolute Gasteiger partial charge is 0.296 e. The highest BCUT2D eigenvalue weighted by Crippen LogP contribution is 2.32. The Morgan fingerprint density at radius 2 is 1.71 bits per heavy atom. The number of nitrogens with one attached hydrogen (secondary N) is 4. The number of benzene rings is 1. The summed E-state index contributed by atoms with van der Waals surface area (Å²) < 4.78 is 12.1. The molecule has 0 bridgehead atoms. The van der Waals surface area contributed by atoms with Crippen LogP contribution in [0.25, 0.3) is 11.1 Å². The topological polar surface area (TPSA) is 185 Å². The van der Waals surface area contributed by atoms with Crippen molar-refractivity contribution in [1.29, 1.82) is 0 Å². The third kappa shape index (κ3) is 10.3. The Bertz CT molecular complexity index is 1910. The van der Waals surface area contributed by atoms with E-state index < -0.39 is 65.1 Å². The highest BCUT2D eigenvalue weighted by molar-refractivity contribution is 6.38. The summed E-state index contributed by atoms with van der Waals surface area (Å²) in [7, 11) is 0. The van der Waals surface area contributed by atoms with Gasteiger partial charge in [0, 0.05) is 29.7 Å². The van der Waals surface area contributed by atoms with E-state index in [-0.39, 0.29) is 43.2 Å². The molecule has 16 heteroatoms. The molecular weight excluding hydrogens is 761 g/mol. The number of carbonyl (C=O) groups excluding carboxylic acids is 5. The standard InChI is InChI=1S/C40H51Cl2N7O7/c1-5-9-27(33(50)37(53)44-25-14-15-25)45-35(51)29-19-26(55-31-17-13-24(42)20-43-31)21-49(29)38(54)34(40(2,3)4)48-36(52)32(22-10-7-6-8-11-22)47-39-46-28-18-23(41)12-16-30(28)56-39/h12-13,16-18,20,22,25-27,29,32,34H,5-11,14-15,19,21H2,1-4H3,(H,44,53)(H,45,51)(H,46,47)(H,48,52)/t26?,27?,29-,32+,34+/m1/s1. The van der Waals surface area contributed by atoms with Gasteiger partial charge in [-0.15, -0.1) is 0 Å². The maximum Gasteiger partial charge on any atom is 0.296 e. The molecule has 2 saturated carbocycles. The van der Waals surface area contributed by atoms with Crippen LogP contribution < -0.4 is 26.0 Å². The van der Waals surface area contributed by atoms with E-state index in [0.29, 0.717) is 27.6 Å². The molecule has 0 spiro atoms. The minimum atomic E-state index is -1.08. The number of aromatic nitrogens is 2. The number of halogens is 2. The zero-order valence-electron chi connectivity index (χ0n) is 32.2. The lowest BCUT2D eigenvalue weighted by molar-refractivity contribution is -0.145. The molecule has 3 aliphatic rings. The number of oxazole rings is 1. The van der Waals surface area contributed by atoms with Crippen LogP contribution in [0, 0.1) is 11.3 Å². The van der Waals surface area contributed by atoms with Crippen LogP contribution >= 0.6 is 23.2 Å². The summed E-state index contributed by atoms with van der Waals surface area (Å²) in [4.78, 5) is 79.5. The zero-order valence-corrected chi connectivity index (χ0v) is 33.8. The van der Waals surface area contributed by atoms with Crippen molar-refractivity contribution in [2.75, 3.05) is 11.9 Å². The lowest BCUT2D eigenvalue weighted by atomic mass is 9.82. The van der Waals surface area contributed by atoms with E-state index in [0.717, 1.165) is 44.9 Å². The maximum atomic E-state index is 14.8. The Morgan fingerprint density at radius 3 is 2.38 bits per heavy atom. The van der Waals surface area contributed by atoms with Crippen molar-refractivity contribution in [3.05, 3.63) is 46.6 Å². The Hall–Kier alpha value is -4.43. The molecule has 5 atom stereocenters. The Kier molecular flexibility index (Phi) is 13.1. The number of fused-ring (bicyclic) bond motifs is 1. The van der Waals surface area contributed by atoms with E-state index in [9.17, 15) is 24.0 Å². The molecule has 1 aromatic carbocycles. The van der Waals surface area contributed by atoms with Crippen LogP contribution in [0.15, 0.2) is 40.9 Å². The van der Waals surface area contributed by atoms with Crippen LogP contribution in [0.3, 0.4) is 0 Å². The highest BCUT2D eigenvalue weighted by atomic mass is 35.5. The van der Waals surface area contributed by atoms with Gasteiger partial charge in [0.15, 0.2) is 5.58 Å². The lowest BCUT2D eigenvalue weighted by Crippen LogP contribution is -2.61. The molecule has 1 aliphatic heterocycles. The average molecular weight is 813 g/mol. The molecular formula is C40H51Cl2N7O7. The Morgan fingerprint density at radius 1 is 0.982 bits per heavy atom. The maximum absolute atomic E-state index is 14.8. The number of anilines is 1. The van der Waals surface area contributed by atoms with Crippen molar-refractivity contribution < 1.29 is 33.1 Å². The second kappa shape index (κ2) is 17.8. The van der Waals surface area contributed by atoms with Crippen molar-refractivity contribution in [1.82, 2.24) is 30.8 Å². The number of hydrogen-bond acceptors (Lipinski definition) is 10. The van der Waals surface area contributed by atoms with Crippen LogP contribution in [0.2, 0.25) is 10.0 Å². The molecule has 14 nitrogen and oxygen atoms in total. The van der Waals surface area contributed by atoms with E-state index in [1.807, 2.05) is 27.7 Å². The average Bonchev–Trinajstić information content (AvgIpc) is 3.73. The molecule has 302 valence electrons. The Balaban J connectivity index is 1.25. The normalized spacial score (nSPS) is 20.5. The zero-order chi connectivity index (χ0) is 40.1. The van der Waals surface area contributed by atoms with Crippen molar-refractivity contribution in [3.8, 4) is 5.88 Å². The van der Waals surface area contributed by atoms with Gasteiger partial charge in [-0.05, 0) is 67.7 Å². The molecule has 3 fully saturated rings. The predicted molar refractivity (Wildman–Crippen MR) is 211 cm³/mol. The van der Waals surface area contributed by atoms with Crippen LogP contribution in [0.4, 0.5) is 6.01 Å². The predicted octanol–water partition coefficient (Wildman–Crippen LogP) is 5.60. The third-order valence-corrected chi connectivity index (χ3v) is 11.1. The number of rotatable bonds is 15. The largest absolute Gasteiger partial charge is 0.472 e. The minimum Gasteiger partial charge on any atom is -0.472 e. The number of likely N-dealkylation sites (tertiary alicyclic amines) is 1. The first-order valence-electron chi connectivity index (χ1n) is 19.6. The van der Waals surface area contributed by atoms with E-state index in [2.05, 4.69) is 31.2 Å². The van der Waals surface area contributed by atoms with Crippen LogP contribution in [-0.2, 0) is 24.0 Å². The van der Waals surface area contributed by atoms with Gasteiger partial charge in [-0.2, -0.15) is 4.98 Å². The van der Waals surface area contributed by atoms with Crippen molar-refractivity contribution in [2.24, 2.45) is 11.3 Å². The molecule has 0 radical (unpaired) electrons. The van der Waals surface area contributed by atoms with E-state index in [1.54, 1.807) is 30.3 Å². The lowest BCUT2D eigenvalue weighted by Gasteiger charge is -2.37. The van der Waals surface area contributed by atoms with Gasteiger partial charge in [0.25, 0.3) is 11.9 Å². The summed E-state index contributed by atoms with van der Waals surface area (Å²) in [5.41, 5.74) is 0.246. The summed E-state index contributed by atoms with van der Waals surface area (Å²) in [6.07, 6.45) is 7.80. The molecule has 6 rings (SSSR count). The number of carbonyl (C=O) groups is 5. The molecule has 2 aliphatic carbocycles. The summed E-state index contributed by atoms with van der Waals surface area (Å²) in [6, 6.07) is 4.44. The summed E-state index contributed by atoms with van der Waals surface area (Å²) in [6.45, 7) is 7.37. The summed E-state index contributed by atoms with van der Waals surface area (Å²) >= 11 is 12.2. The molecule has 4 amide bonds. The van der Waals surface area contributed by atoms with Crippen LogP contribution in [0.1, 0.15) is 91.9 Å². The quantitative estimate of drug-likeness (QED) is 0.141. The molecule has 4 N–H and O–H groups in total. The fourth-order valence-electron chi connectivity index (χ4n) is 7.45. The SMILES string of the molecule is CCCC(NC(=O)[C@H]1CC(Oc2ccc(Cl)cn2)CN1C(=O)[C@H](NC(=O)[C@@H](Nc1nc2cc(Cl)ccc2o1)C1CCCCC1)C(C)(C)C)C(=O)C(=O)NC1CC1. The number of hydrogen-bond donors (Lipinski definition) is 4. The third-order valence-electron chi connectivity index (χ3n) is 10.6. The van der Waals surface area contributed by atoms with Crippen LogP contribution in [-0.4, -0.2) is 87.1 Å². The molecule has 2 aromatic heterocycles. The molecule has 1 saturated heterocycles. The van der Waals surface area contributed by atoms with Crippen molar-refractivity contribution in [2.45, 2.75) is 128 Å². The van der Waals surface area contributed by atoms with Gasteiger partial charge in [-0.1, -0.05) is 76.6 Å². The number of amides is 4. The number of ether oxygens (including phenoxy) is 1. The number of nitrogens with zero attached hydrogens (tertiary/aromatic N) is 3. The first-order chi connectivity index (χ1) is 26.7. The van der Waals surface area contributed by atoms with Gasteiger partial charge in [0.2, 0.25) is 29.4 Å². The van der Waals surface area contributed by atoms with Crippen molar-refractivity contribution >= 4 is 69.7 Å². The molecule has 3 aromatic rings. The van der Waals surface area contributed by atoms with Gasteiger partial charge in [0.05, 0.1) is 17.6 Å². The molecule has 3 heterocycles. The van der Waals surface area contributed by atoms with Gasteiger partial charge in [-0.3, -0.25) is 24.0 Å². The number of Topliss-reactive ketones (excluding diaryl/α,β-unsaturated/α-hetero) is 1. The molecule has 56 heavy (non-hydrogen) atoms. The second-order valence-corrected chi connectivity index (χ2v) is 17.1. The number of pyridine rings is 1. The number of ketones is 1. The van der Waals surface area contributed by atoms with E-state index >= 15 is 0 Å². The first-order valence-corrected chi connectivity index (χ1v) is 20.3. The minimum absolute atomic E-state index is 0.00595. The monoisotopic (exact) mass is 811 g/mol. The van der Waals surface area contributed by atoms with E-state index in [4.69, 9.17) is 32.4 Å². The van der Waals surface area contributed by atoms with Gasteiger partial charge < -0.3 is 35.3 Å². The molecule has 2 unspecified atom stereocenters. The fraction of sp³-hybridized carbons (Fsp3) is 0.575. The van der Waals surface area contributed by atoms with Gasteiger partial charge in [-0.25, -0.2) is 4.98 Å². The highest BCUT2D eigenvalue weighted by Gasteiger charge is 2.47. The fourth-order valence-corrected chi connectivity index (χ4v) is 7.73. The summed E-state index contributed by atoms with van der Waals surface area (Å²) in [5.74, 6) is -2.77. The van der Waals surface area contributed by atoms with Crippen molar-refractivity contribution in [3.63, 3.8) is 0 Å².